The second-order valence-electron chi connectivity index (χ2n) is 7.63. The van der Waals surface area contributed by atoms with E-state index in [4.69, 9.17) is 9.47 Å². The van der Waals surface area contributed by atoms with Gasteiger partial charge in [0, 0.05) is 6.07 Å². The van der Waals surface area contributed by atoms with Crippen molar-refractivity contribution in [3.05, 3.63) is 94.9 Å². The number of hydrogen-bond donors (Lipinski definition) is 1. The number of halogens is 1. The predicted octanol–water partition coefficient (Wildman–Crippen LogP) is 4.54. The normalized spacial score (nSPS) is 13.5. The van der Waals surface area contributed by atoms with Crippen LogP contribution in [0.1, 0.15) is 16.7 Å². The van der Waals surface area contributed by atoms with Gasteiger partial charge in [0.15, 0.2) is 0 Å². The Morgan fingerprint density at radius 1 is 0.879 bits per heavy atom. The van der Waals surface area contributed by atoms with E-state index >= 15 is 0 Å². The first kappa shape index (κ1) is 22.1. The molecule has 1 aliphatic rings. The molecule has 0 fully saturated rings. The van der Waals surface area contributed by atoms with E-state index in [1.165, 1.54) is 43.4 Å². The van der Waals surface area contributed by atoms with Crippen LogP contribution in [-0.4, -0.2) is 30.9 Å². The molecule has 33 heavy (non-hydrogen) atoms. The smallest absolute Gasteiger partial charge is 0.278 e. The molecule has 4 rings (SSSR count). The van der Waals surface area contributed by atoms with Crippen LogP contribution in [0.25, 0.3) is 5.57 Å². The zero-order valence-electron chi connectivity index (χ0n) is 18.5. The van der Waals surface area contributed by atoms with Crippen LogP contribution in [-0.2, 0) is 16.1 Å². The Morgan fingerprint density at radius 2 is 1.58 bits per heavy atom. The third-order valence-corrected chi connectivity index (χ3v) is 5.43. The van der Waals surface area contributed by atoms with E-state index in [0.717, 1.165) is 11.1 Å². The maximum Gasteiger partial charge on any atom is 0.278 e. The van der Waals surface area contributed by atoms with Crippen LogP contribution in [0.15, 0.2) is 72.4 Å². The highest BCUT2D eigenvalue weighted by atomic mass is 19.1. The van der Waals surface area contributed by atoms with Crippen molar-refractivity contribution in [3.63, 3.8) is 0 Å². The lowest BCUT2D eigenvalue weighted by atomic mass is 10.0. The number of methoxy groups -OCH3 is 2. The molecule has 0 bridgehead atoms. The number of carbonyl (C=O) groups is 2. The highest BCUT2D eigenvalue weighted by Gasteiger charge is 2.39. The van der Waals surface area contributed by atoms with E-state index in [9.17, 15) is 14.0 Å². The summed E-state index contributed by atoms with van der Waals surface area (Å²) in [6.07, 6.45) is 0. The van der Waals surface area contributed by atoms with E-state index in [-0.39, 0.29) is 17.8 Å². The van der Waals surface area contributed by atoms with E-state index in [2.05, 4.69) is 5.32 Å². The molecule has 7 heteroatoms. The Bertz CT molecular complexity index is 1230. The number of ether oxygens (including phenoxy) is 2. The SMILES string of the molecule is COc1ccc(OC)c(NC2=C(c3ccc(F)cc3)C(=O)N(Cc3ccc(C)cc3)C2=O)c1. The first-order chi connectivity index (χ1) is 15.9. The molecule has 3 aromatic carbocycles. The second-order valence-corrected chi connectivity index (χ2v) is 7.63. The van der Waals surface area contributed by atoms with Crippen LogP contribution < -0.4 is 14.8 Å². The van der Waals surface area contributed by atoms with Gasteiger partial charge in [0.1, 0.15) is 23.0 Å². The maximum atomic E-state index is 13.5. The number of benzene rings is 3. The molecule has 3 aromatic rings. The molecule has 0 saturated carbocycles. The third kappa shape index (κ3) is 4.43. The molecule has 0 atom stereocenters. The maximum absolute atomic E-state index is 13.5. The molecule has 1 N–H and O–H groups in total. The number of amides is 2. The molecule has 1 heterocycles. The molecule has 0 aromatic heterocycles. The molecular formula is C26H23FN2O4. The van der Waals surface area contributed by atoms with Crippen LogP contribution in [0.5, 0.6) is 11.5 Å². The summed E-state index contributed by atoms with van der Waals surface area (Å²) in [5, 5.41) is 3.07. The zero-order valence-corrected chi connectivity index (χ0v) is 18.5. The van der Waals surface area contributed by atoms with Crippen molar-refractivity contribution in [2.75, 3.05) is 19.5 Å². The predicted molar refractivity (Wildman–Crippen MR) is 123 cm³/mol. The first-order valence-electron chi connectivity index (χ1n) is 10.3. The highest BCUT2D eigenvalue weighted by molar-refractivity contribution is 6.36. The number of hydrogen-bond acceptors (Lipinski definition) is 5. The van der Waals surface area contributed by atoms with Crippen molar-refractivity contribution in [3.8, 4) is 11.5 Å². The number of anilines is 1. The van der Waals surface area contributed by atoms with Gasteiger partial charge in [-0.15, -0.1) is 0 Å². The van der Waals surface area contributed by atoms with Crippen LogP contribution in [0.2, 0.25) is 0 Å². The molecule has 0 aliphatic carbocycles. The van der Waals surface area contributed by atoms with E-state index in [1.807, 2.05) is 31.2 Å². The molecule has 0 radical (unpaired) electrons. The minimum absolute atomic E-state index is 0.0882. The fraction of sp³-hybridized carbons (Fsp3) is 0.154. The summed E-state index contributed by atoms with van der Waals surface area (Å²) in [4.78, 5) is 28.0. The largest absolute Gasteiger partial charge is 0.497 e. The topological polar surface area (TPSA) is 67.9 Å². The van der Waals surface area contributed by atoms with Gasteiger partial charge in [0.05, 0.1) is 32.0 Å². The Balaban J connectivity index is 1.77. The Labute approximate surface area is 191 Å². The molecule has 0 saturated heterocycles. The van der Waals surface area contributed by atoms with Crippen LogP contribution >= 0.6 is 0 Å². The minimum Gasteiger partial charge on any atom is -0.497 e. The van der Waals surface area contributed by atoms with Gasteiger partial charge in [0.2, 0.25) is 0 Å². The van der Waals surface area contributed by atoms with Gasteiger partial charge < -0.3 is 14.8 Å². The molecule has 168 valence electrons. The fourth-order valence-electron chi connectivity index (χ4n) is 3.64. The van der Waals surface area contributed by atoms with Gasteiger partial charge in [-0.2, -0.15) is 0 Å². The monoisotopic (exact) mass is 446 g/mol. The first-order valence-corrected chi connectivity index (χ1v) is 10.3. The standard InChI is InChI=1S/C26H23FN2O4/c1-16-4-6-17(7-5-16)15-29-25(30)23(18-8-10-19(27)11-9-18)24(26(29)31)28-21-14-20(32-2)12-13-22(21)33-3/h4-14,28H,15H2,1-3H3. The van der Waals surface area contributed by atoms with E-state index in [1.54, 1.807) is 18.2 Å². The lowest BCUT2D eigenvalue weighted by Gasteiger charge is -2.16. The van der Waals surface area contributed by atoms with Crippen molar-refractivity contribution in [2.24, 2.45) is 0 Å². The van der Waals surface area contributed by atoms with Crippen molar-refractivity contribution in [2.45, 2.75) is 13.5 Å². The second kappa shape index (κ2) is 9.16. The summed E-state index contributed by atoms with van der Waals surface area (Å²) in [5.41, 5.74) is 3.05. The van der Waals surface area contributed by atoms with Gasteiger partial charge in [-0.25, -0.2) is 4.39 Å². The highest BCUT2D eigenvalue weighted by Crippen LogP contribution is 2.35. The van der Waals surface area contributed by atoms with Gasteiger partial charge in [0.25, 0.3) is 11.8 Å². The number of nitrogens with one attached hydrogen (secondary N) is 1. The number of imide groups is 1. The minimum atomic E-state index is -0.482. The Morgan fingerprint density at radius 3 is 2.21 bits per heavy atom. The zero-order chi connectivity index (χ0) is 23.5. The van der Waals surface area contributed by atoms with Crippen LogP contribution in [0, 0.1) is 12.7 Å². The molecule has 0 unspecified atom stereocenters. The molecule has 2 amide bonds. The number of aryl methyl sites for hydroxylation is 1. The summed E-state index contributed by atoms with van der Waals surface area (Å²) in [6.45, 7) is 2.08. The van der Waals surface area contributed by atoms with E-state index in [0.29, 0.717) is 22.7 Å². The van der Waals surface area contributed by atoms with Crippen molar-refractivity contribution in [1.82, 2.24) is 4.90 Å². The number of rotatable bonds is 7. The number of carbonyl (C=O) groups excluding carboxylic acids is 2. The third-order valence-electron chi connectivity index (χ3n) is 5.43. The summed E-state index contributed by atoms with van der Waals surface area (Å²) in [6, 6.07) is 18.2. The average molecular weight is 446 g/mol. The van der Waals surface area contributed by atoms with Gasteiger partial charge in [-0.3, -0.25) is 14.5 Å². The quantitative estimate of drug-likeness (QED) is 0.540. The molecule has 0 spiro atoms. The molecule has 1 aliphatic heterocycles. The summed E-state index contributed by atoms with van der Waals surface area (Å²) >= 11 is 0. The summed E-state index contributed by atoms with van der Waals surface area (Å²) in [5.74, 6) is -0.354. The number of nitrogens with zero attached hydrogens (tertiary/aromatic N) is 1. The van der Waals surface area contributed by atoms with Crippen LogP contribution in [0.3, 0.4) is 0 Å². The van der Waals surface area contributed by atoms with Crippen molar-refractivity contribution < 1.29 is 23.5 Å². The Kier molecular flexibility index (Phi) is 6.13. The summed E-state index contributed by atoms with van der Waals surface area (Å²) in [7, 11) is 3.04. The van der Waals surface area contributed by atoms with Crippen LogP contribution in [0.4, 0.5) is 10.1 Å². The molecule has 6 nitrogen and oxygen atoms in total. The Hall–Kier alpha value is -4.13. The molecular weight excluding hydrogens is 423 g/mol. The average Bonchev–Trinajstić information content (AvgIpc) is 3.05. The van der Waals surface area contributed by atoms with Crippen molar-refractivity contribution >= 4 is 23.1 Å². The summed E-state index contributed by atoms with van der Waals surface area (Å²) < 4.78 is 24.2. The lowest BCUT2D eigenvalue weighted by Crippen LogP contribution is -2.32. The van der Waals surface area contributed by atoms with E-state index < -0.39 is 17.6 Å². The van der Waals surface area contributed by atoms with Gasteiger partial charge in [-0.05, 0) is 42.3 Å². The van der Waals surface area contributed by atoms with Gasteiger partial charge >= 0.3 is 0 Å². The fourth-order valence-corrected chi connectivity index (χ4v) is 3.64. The van der Waals surface area contributed by atoms with Crippen molar-refractivity contribution in [1.29, 1.82) is 0 Å². The van der Waals surface area contributed by atoms with Gasteiger partial charge in [-0.1, -0.05) is 42.0 Å². The lowest BCUT2D eigenvalue weighted by molar-refractivity contribution is -0.137.